The molecule has 12 heavy (non-hydrogen) atoms. The minimum absolute atomic E-state index is 0.0908. The van der Waals surface area contributed by atoms with Gasteiger partial charge in [-0.1, -0.05) is 6.07 Å². The lowest BCUT2D eigenvalue weighted by atomic mass is 10.2. The van der Waals surface area contributed by atoms with Crippen LogP contribution in [-0.4, -0.2) is 5.11 Å². The zero-order valence-electron chi connectivity index (χ0n) is 6.24. The molecule has 2 N–H and O–H groups in total. The van der Waals surface area contributed by atoms with E-state index in [1.165, 1.54) is 6.07 Å². The van der Waals surface area contributed by atoms with Crippen LogP contribution in [0, 0.1) is 5.41 Å². The molecule has 0 atom stereocenters. The van der Waals surface area contributed by atoms with Crippen LogP contribution in [0.4, 0.5) is 0 Å². The molecule has 0 aliphatic carbocycles. The molecular weight excluding hydrogens is 154 g/mol. The summed E-state index contributed by atoms with van der Waals surface area (Å²) in [5.41, 5.74) is 0.621. The third kappa shape index (κ3) is 0.955. The number of aromatic hydroxyl groups is 1. The molecule has 0 radical (unpaired) electrons. The van der Waals surface area contributed by atoms with E-state index in [1.807, 2.05) is 0 Å². The number of fused-ring (bicyclic) bond motifs is 1. The molecule has 0 aliphatic rings. The highest BCUT2D eigenvalue weighted by Gasteiger charge is 1.98. The number of hydrogen-bond acceptors (Lipinski definition) is 3. The van der Waals surface area contributed by atoms with Gasteiger partial charge in [0.15, 0.2) is 0 Å². The van der Waals surface area contributed by atoms with Crippen LogP contribution in [0.15, 0.2) is 34.7 Å². The maximum absolute atomic E-state index is 9.34. The average Bonchev–Trinajstić information content (AvgIpc) is 2.04. The van der Waals surface area contributed by atoms with E-state index >= 15 is 0 Å². The van der Waals surface area contributed by atoms with E-state index in [0.29, 0.717) is 11.0 Å². The van der Waals surface area contributed by atoms with Gasteiger partial charge >= 0.3 is 0 Å². The van der Waals surface area contributed by atoms with Crippen molar-refractivity contribution >= 4 is 11.0 Å². The van der Waals surface area contributed by atoms with E-state index in [4.69, 9.17) is 9.83 Å². The van der Waals surface area contributed by atoms with Gasteiger partial charge in [-0.15, -0.1) is 0 Å². The fraction of sp³-hybridized carbons (Fsp3) is 0. The molecule has 3 heteroatoms. The summed E-state index contributed by atoms with van der Waals surface area (Å²) < 4.78 is 5.05. The number of hydrogen-bond donors (Lipinski definition) is 2. The minimum atomic E-state index is 0.0908. The molecule has 60 valence electrons. The topological polar surface area (TPSA) is 57.2 Å². The highest BCUT2D eigenvalue weighted by molar-refractivity contribution is 5.82. The molecular formula is C9H7NO2. The second kappa shape index (κ2) is 2.37. The highest BCUT2D eigenvalue weighted by atomic mass is 16.3. The summed E-state index contributed by atoms with van der Waals surface area (Å²) >= 11 is 0. The maximum atomic E-state index is 9.34. The van der Waals surface area contributed by atoms with Crippen LogP contribution in [-0.2, 0) is 0 Å². The largest absolute Gasteiger partial charge is 0.507 e. The Morgan fingerprint density at radius 2 is 2.00 bits per heavy atom. The second-order valence-electron chi connectivity index (χ2n) is 2.49. The fourth-order valence-electron chi connectivity index (χ4n) is 1.10. The molecule has 2 aromatic rings. The van der Waals surface area contributed by atoms with Crippen LogP contribution in [0.25, 0.3) is 11.0 Å². The first-order valence-electron chi connectivity index (χ1n) is 3.54. The van der Waals surface area contributed by atoms with Crippen LogP contribution < -0.4 is 5.55 Å². The third-order valence-corrected chi connectivity index (χ3v) is 1.66. The number of phenolic OH excluding ortho intramolecular Hbond substituents is 1. The van der Waals surface area contributed by atoms with Gasteiger partial charge in [0.2, 0.25) is 5.55 Å². The van der Waals surface area contributed by atoms with E-state index in [2.05, 4.69) is 0 Å². The van der Waals surface area contributed by atoms with Crippen LogP contribution in [0.5, 0.6) is 5.75 Å². The van der Waals surface area contributed by atoms with Gasteiger partial charge in [-0.2, -0.15) is 0 Å². The van der Waals surface area contributed by atoms with Crippen molar-refractivity contribution < 1.29 is 9.52 Å². The maximum Gasteiger partial charge on any atom is 0.211 e. The SMILES string of the molecule is N=c1ccc2c(O)cccc2o1. The molecule has 0 unspecified atom stereocenters. The van der Waals surface area contributed by atoms with Crippen molar-refractivity contribution in [3.05, 3.63) is 35.9 Å². The van der Waals surface area contributed by atoms with Crippen LogP contribution >= 0.6 is 0 Å². The standard InChI is InChI=1S/C9H7NO2/c10-9-5-4-6-7(11)2-1-3-8(6)12-9/h1-5,10-11H. The predicted octanol–water partition coefficient (Wildman–Crippen LogP) is 1.62. The first-order chi connectivity index (χ1) is 5.77. The Labute approximate surface area is 68.4 Å². The first-order valence-corrected chi connectivity index (χ1v) is 3.54. The van der Waals surface area contributed by atoms with Gasteiger partial charge in [-0.3, -0.25) is 5.41 Å². The molecule has 0 saturated heterocycles. The molecule has 0 saturated carbocycles. The number of phenols is 1. The second-order valence-corrected chi connectivity index (χ2v) is 2.49. The Balaban J connectivity index is 2.96. The summed E-state index contributed by atoms with van der Waals surface area (Å²) in [5.74, 6) is 0.177. The number of nitrogens with one attached hydrogen (secondary N) is 1. The molecule has 0 spiro atoms. The Kier molecular flexibility index (Phi) is 1.37. The van der Waals surface area contributed by atoms with Crippen molar-refractivity contribution in [2.45, 2.75) is 0 Å². The van der Waals surface area contributed by atoms with Gasteiger partial charge in [0.1, 0.15) is 11.3 Å². The Morgan fingerprint density at radius 1 is 1.17 bits per heavy atom. The molecule has 2 rings (SSSR count). The molecule has 1 heterocycles. The molecule has 3 nitrogen and oxygen atoms in total. The molecule has 1 aromatic carbocycles. The average molecular weight is 161 g/mol. The van der Waals surface area contributed by atoms with Crippen molar-refractivity contribution in [2.24, 2.45) is 0 Å². The van der Waals surface area contributed by atoms with E-state index in [1.54, 1.807) is 24.3 Å². The quantitative estimate of drug-likeness (QED) is 0.616. The minimum Gasteiger partial charge on any atom is -0.507 e. The van der Waals surface area contributed by atoms with Crippen molar-refractivity contribution in [1.29, 1.82) is 5.41 Å². The van der Waals surface area contributed by atoms with E-state index in [-0.39, 0.29) is 11.3 Å². The molecule has 0 fully saturated rings. The van der Waals surface area contributed by atoms with E-state index in [0.717, 1.165) is 0 Å². The van der Waals surface area contributed by atoms with Gasteiger partial charge in [0, 0.05) is 6.07 Å². The smallest absolute Gasteiger partial charge is 0.211 e. The Hall–Kier alpha value is -1.77. The number of benzene rings is 1. The molecule has 0 bridgehead atoms. The van der Waals surface area contributed by atoms with Crippen LogP contribution in [0.2, 0.25) is 0 Å². The first kappa shape index (κ1) is 6.91. The van der Waals surface area contributed by atoms with E-state index < -0.39 is 0 Å². The van der Waals surface area contributed by atoms with Crippen molar-refractivity contribution in [3.63, 3.8) is 0 Å². The molecule has 0 amide bonds. The van der Waals surface area contributed by atoms with Gasteiger partial charge in [0.05, 0.1) is 5.39 Å². The molecule has 1 aromatic heterocycles. The molecule has 0 aliphatic heterocycles. The van der Waals surface area contributed by atoms with Crippen molar-refractivity contribution in [2.75, 3.05) is 0 Å². The zero-order valence-corrected chi connectivity index (χ0v) is 6.24. The Morgan fingerprint density at radius 3 is 2.83 bits per heavy atom. The van der Waals surface area contributed by atoms with Gasteiger partial charge in [0.25, 0.3) is 0 Å². The lowest BCUT2D eigenvalue weighted by Crippen LogP contribution is -1.94. The normalized spacial score (nSPS) is 10.3. The van der Waals surface area contributed by atoms with Crippen molar-refractivity contribution in [3.8, 4) is 5.75 Å². The predicted molar refractivity (Wildman–Crippen MR) is 43.7 cm³/mol. The van der Waals surface area contributed by atoms with Gasteiger partial charge in [-0.25, -0.2) is 0 Å². The lowest BCUT2D eigenvalue weighted by molar-refractivity contribution is 0.477. The van der Waals surface area contributed by atoms with Gasteiger partial charge in [-0.05, 0) is 18.2 Å². The van der Waals surface area contributed by atoms with Crippen LogP contribution in [0.3, 0.4) is 0 Å². The summed E-state index contributed by atoms with van der Waals surface area (Å²) in [4.78, 5) is 0. The third-order valence-electron chi connectivity index (χ3n) is 1.66. The summed E-state index contributed by atoms with van der Waals surface area (Å²) in [6, 6.07) is 8.15. The summed E-state index contributed by atoms with van der Waals surface area (Å²) in [7, 11) is 0. The lowest BCUT2D eigenvalue weighted by Gasteiger charge is -1.97. The van der Waals surface area contributed by atoms with E-state index in [9.17, 15) is 5.11 Å². The Bertz CT molecular complexity index is 473. The monoisotopic (exact) mass is 161 g/mol. The highest BCUT2D eigenvalue weighted by Crippen LogP contribution is 2.21. The summed E-state index contributed by atoms with van der Waals surface area (Å²) in [6.45, 7) is 0. The van der Waals surface area contributed by atoms with Gasteiger partial charge < -0.3 is 9.52 Å². The number of rotatable bonds is 0. The fourth-order valence-corrected chi connectivity index (χ4v) is 1.10. The summed E-state index contributed by atoms with van der Waals surface area (Å²) in [5, 5.41) is 17.2. The van der Waals surface area contributed by atoms with Crippen molar-refractivity contribution in [1.82, 2.24) is 0 Å². The van der Waals surface area contributed by atoms with Crippen LogP contribution in [0.1, 0.15) is 0 Å². The summed E-state index contributed by atoms with van der Waals surface area (Å²) in [6.07, 6.45) is 0. The zero-order chi connectivity index (χ0) is 8.55.